The number of nitrogens with one attached hydrogen (secondary N) is 2. The Balaban J connectivity index is 1.90. The second-order valence-corrected chi connectivity index (χ2v) is 6.25. The molecule has 8 nitrogen and oxygen atoms in total. The van der Waals surface area contributed by atoms with Crippen LogP contribution in [0.15, 0.2) is 42.7 Å². The van der Waals surface area contributed by atoms with Crippen LogP contribution in [0.1, 0.15) is 6.92 Å². The number of rotatable bonds is 8. The fourth-order valence-electron chi connectivity index (χ4n) is 2.55. The second-order valence-electron chi connectivity index (χ2n) is 6.25. The van der Waals surface area contributed by atoms with E-state index in [1.807, 2.05) is 24.3 Å². The zero-order valence-corrected chi connectivity index (χ0v) is 16.3. The molecule has 0 unspecified atom stereocenters. The molecule has 9 heteroatoms. The van der Waals surface area contributed by atoms with Crippen LogP contribution < -0.4 is 20.1 Å². The molecule has 0 saturated carbocycles. The number of methoxy groups -OCH3 is 2. The maximum atomic E-state index is 14.3. The van der Waals surface area contributed by atoms with Gasteiger partial charge in [-0.05, 0) is 30.7 Å². The van der Waals surface area contributed by atoms with Crippen molar-refractivity contribution in [3.8, 4) is 22.8 Å². The van der Waals surface area contributed by atoms with Gasteiger partial charge in [0.1, 0.15) is 11.4 Å². The van der Waals surface area contributed by atoms with E-state index in [9.17, 15) is 9.50 Å². The van der Waals surface area contributed by atoms with Crippen LogP contribution in [0, 0.1) is 5.82 Å². The smallest absolute Gasteiger partial charge is 0.237 e. The summed E-state index contributed by atoms with van der Waals surface area (Å²) in [6.07, 6.45) is 2.12. The molecule has 1 aromatic carbocycles. The van der Waals surface area contributed by atoms with Gasteiger partial charge < -0.3 is 25.2 Å². The van der Waals surface area contributed by atoms with E-state index in [2.05, 4.69) is 25.6 Å². The van der Waals surface area contributed by atoms with Gasteiger partial charge in [-0.1, -0.05) is 12.1 Å². The number of nitrogens with zero attached hydrogens (tertiary/aromatic N) is 3. The highest BCUT2D eigenvalue weighted by atomic mass is 19.1. The van der Waals surface area contributed by atoms with Crippen molar-refractivity contribution >= 4 is 17.5 Å². The summed E-state index contributed by atoms with van der Waals surface area (Å²) < 4.78 is 24.7. The minimum Gasteiger partial charge on any atom is -0.497 e. The van der Waals surface area contributed by atoms with Crippen molar-refractivity contribution in [2.45, 2.75) is 13.0 Å². The number of halogens is 1. The average molecular weight is 399 g/mol. The number of aliphatic hydroxyl groups excluding tert-OH is 1. The van der Waals surface area contributed by atoms with Crippen molar-refractivity contribution in [3.05, 3.63) is 48.5 Å². The van der Waals surface area contributed by atoms with Gasteiger partial charge in [-0.25, -0.2) is 14.4 Å². The number of benzene rings is 1. The van der Waals surface area contributed by atoms with Crippen molar-refractivity contribution in [2.75, 3.05) is 31.4 Å². The Kier molecular flexibility index (Phi) is 6.40. The lowest BCUT2D eigenvalue weighted by Gasteiger charge is -2.13. The first kappa shape index (κ1) is 20.3. The third-order valence-electron chi connectivity index (χ3n) is 4.02. The zero-order chi connectivity index (χ0) is 20.8. The SMILES string of the molecule is COc1ccc(-c2cnc(OC)c(Nc3nc(NC[C@@H](C)O)ncc3F)c2)cc1. The van der Waals surface area contributed by atoms with Crippen LogP contribution >= 0.6 is 0 Å². The molecule has 0 aliphatic rings. The summed E-state index contributed by atoms with van der Waals surface area (Å²) in [5, 5.41) is 15.1. The van der Waals surface area contributed by atoms with Crippen LogP contribution in [0.25, 0.3) is 11.1 Å². The molecule has 0 amide bonds. The van der Waals surface area contributed by atoms with Gasteiger partial charge in [-0.2, -0.15) is 4.98 Å². The molecule has 0 fully saturated rings. The van der Waals surface area contributed by atoms with Gasteiger partial charge in [-0.3, -0.25) is 0 Å². The Labute approximate surface area is 167 Å². The van der Waals surface area contributed by atoms with Crippen LogP contribution in [0.4, 0.5) is 21.8 Å². The summed E-state index contributed by atoms with van der Waals surface area (Å²) in [6.45, 7) is 1.86. The molecule has 0 bridgehead atoms. The van der Waals surface area contributed by atoms with Crippen molar-refractivity contribution in [3.63, 3.8) is 0 Å². The summed E-state index contributed by atoms with van der Waals surface area (Å²) in [4.78, 5) is 12.3. The van der Waals surface area contributed by atoms with Gasteiger partial charge in [0.25, 0.3) is 0 Å². The molecule has 1 atom stereocenters. The normalized spacial score (nSPS) is 11.6. The largest absolute Gasteiger partial charge is 0.497 e. The highest BCUT2D eigenvalue weighted by Crippen LogP contribution is 2.31. The number of anilines is 3. The fourth-order valence-corrected chi connectivity index (χ4v) is 2.55. The van der Waals surface area contributed by atoms with E-state index >= 15 is 0 Å². The topological polar surface area (TPSA) is 101 Å². The Morgan fingerprint density at radius 3 is 2.48 bits per heavy atom. The summed E-state index contributed by atoms with van der Waals surface area (Å²) in [7, 11) is 3.08. The van der Waals surface area contributed by atoms with Gasteiger partial charge in [0, 0.05) is 18.3 Å². The van der Waals surface area contributed by atoms with E-state index in [0.717, 1.165) is 23.1 Å². The van der Waals surface area contributed by atoms with Crippen LogP contribution in [0.5, 0.6) is 11.6 Å². The highest BCUT2D eigenvalue weighted by molar-refractivity contribution is 5.72. The fraction of sp³-hybridized carbons (Fsp3) is 0.250. The van der Waals surface area contributed by atoms with E-state index in [-0.39, 0.29) is 18.3 Å². The standard InChI is InChI=1S/C20H22FN5O3/c1-12(27)9-23-20-24-11-16(21)18(26-20)25-17-8-14(10-22-19(17)29-3)13-4-6-15(28-2)7-5-13/h4-8,10-12,27H,9H2,1-3H3,(H2,23,24,25,26)/t12-/m1/s1. The predicted octanol–water partition coefficient (Wildman–Crippen LogP) is 3.23. The van der Waals surface area contributed by atoms with Gasteiger partial charge in [-0.15, -0.1) is 0 Å². The first-order chi connectivity index (χ1) is 14.0. The molecule has 0 saturated heterocycles. The first-order valence-corrected chi connectivity index (χ1v) is 8.90. The lowest BCUT2D eigenvalue weighted by molar-refractivity contribution is 0.208. The molecule has 2 aromatic heterocycles. The summed E-state index contributed by atoms with van der Waals surface area (Å²) in [5.74, 6) is 0.547. The van der Waals surface area contributed by atoms with Crippen LogP contribution in [0.3, 0.4) is 0 Å². The number of aliphatic hydroxyl groups is 1. The second kappa shape index (κ2) is 9.16. The molecule has 3 rings (SSSR count). The molecule has 0 radical (unpaired) electrons. The van der Waals surface area contributed by atoms with E-state index in [1.54, 1.807) is 26.3 Å². The average Bonchev–Trinajstić information content (AvgIpc) is 2.74. The molecule has 29 heavy (non-hydrogen) atoms. The minimum absolute atomic E-state index is 0.0416. The van der Waals surface area contributed by atoms with Gasteiger partial charge in [0.15, 0.2) is 11.6 Å². The molecular formula is C20H22FN5O3. The Morgan fingerprint density at radius 2 is 1.83 bits per heavy atom. The molecule has 152 valence electrons. The number of ether oxygens (including phenoxy) is 2. The number of aromatic nitrogens is 3. The number of hydrogen-bond acceptors (Lipinski definition) is 8. The molecule has 3 aromatic rings. The van der Waals surface area contributed by atoms with Crippen molar-refractivity contribution < 1.29 is 19.0 Å². The van der Waals surface area contributed by atoms with Gasteiger partial charge in [0.2, 0.25) is 11.8 Å². The molecule has 2 heterocycles. The third kappa shape index (κ3) is 5.08. The van der Waals surface area contributed by atoms with E-state index < -0.39 is 11.9 Å². The van der Waals surface area contributed by atoms with Crippen molar-refractivity contribution in [2.24, 2.45) is 0 Å². The van der Waals surface area contributed by atoms with E-state index in [1.165, 1.54) is 7.11 Å². The monoisotopic (exact) mass is 399 g/mol. The molecule has 0 aliphatic heterocycles. The summed E-state index contributed by atoms with van der Waals surface area (Å²) >= 11 is 0. The molecular weight excluding hydrogens is 377 g/mol. The number of hydrogen-bond donors (Lipinski definition) is 3. The minimum atomic E-state index is -0.635. The molecule has 3 N–H and O–H groups in total. The van der Waals surface area contributed by atoms with Crippen molar-refractivity contribution in [1.29, 1.82) is 0 Å². The zero-order valence-electron chi connectivity index (χ0n) is 16.3. The van der Waals surface area contributed by atoms with Gasteiger partial charge in [0.05, 0.1) is 26.5 Å². The number of pyridine rings is 1. The summed E-state index contributed by atoms with van der Waals surface area (Å²) in [6, 6.07) is 9.27. The maximum absolute atomic E-state index is 14.3. The van der Waals surface area contributed by atoms with E-state index in [4.69, 9.17) is 9.47 Å². The van der Waals surface area contributed by atoms with E-state index in [0.29, 0.717) is 11.6 Å². The Hall–Kier alpha value is -3.46. The van der Waals surface area contributed by atoms with Crippen LogP contribution in [0.2, 0.25) is 0 Å². The maximum Gasteiger partial charge on any atom is 0.237 e. The summed E-state index contributed by atoms with van der Waals surface area (Å²) in [5.41, 5.74) is 2.16. The Morgan fingerprint density at radius 1 is 1.07 bits per heavy atom. The first-order valence-electron chi connectivity index (χ1n) is 8.90. The molecule has 0 spiro atoms. The van der Waals surface area contributed by atoms with Crippen molar-refractivity contribution in [1.82, 2.24) is 15.0 Å². The third-order valence-corrected chi connectivity index (χ3v) is 4.02. The lowest BCUT2D eigenvalue weighted by Crippen LogP contribution is -2.17. The van der Waals surface area contributed by atoms with Crippen LogP contribution in [-0.2, 0) is 0 Å². The van der Waals surface area contributed by atoms with Gasteiger partial charge >= 0.3 is 0 Å². The highest BCUT2D eigenvalue weighted by Gasteiger charge is 2.13. The Bertz CT molecular complexity index is 967. The molecule has 0 aliphatic carbocycles. The lowest BCUT2D eigenvalue weighted by atomic mass is 10.1. The predicted molar refractivity (Wildman–Crippen MR) is 108 cm³/mol. The quantitative estimate of drug-likeness (QED) is 0.531. The van der Waals surface area contributed by atoms with Crippen LogP contribution in [-0.4, -0.2) is 46.9 Å².